The Kier molecular flexibility index (Phi) is 3.66. The minimum Gasteiger partial charge on any atom is -0.382 e. The van der Waals surface area contributed by atoms with Crippen molar-refractivity contribution in [2.75, 3.05) is 5.32 Å². The molecule has 0 fully saturated rings. The van der Waals surface area contributed by atoms with Gasteiger partial charge in [0.2, 0.25) is 6.10 Å². The van der Waals surface area contributed by atoms with E-state index < -0.39 is 6.10 Å². The number of anilines is 1. The molecule has 2 aromatic heterocycles. The van der Waals surface area contributed by atoms with Gasteiger partial charge in [0.15, 0.2) is 5.82 Å². The highest BCUT2D eigenvalue weighted by Gasteiger charge is 2.30. The Morgan fingerprint density at radius 1 is 1.50 bits per heavy atom. The first-order valence-corrected chi connectivity index (χ1v) is 7.08. The molecule has 1 aliphatic rings. The Labute approximate surface area is 127 Å². The number of hydrogen-bond acceptors (Lipinski definition) is 6. The predicted octanol–water partition coefficient (Wildman–Crippen LogP) is 1.64. The number of carbonyl (C=O) groups excluding carboxylic acids is 1. The molecule has 8 nitrogen and oxygen atoms in total. The van der Waals surface area contributed by atoms with Crippen LogP contribution in [-0.4, -0.2) is 32.7 Å². The molecule has 0 spiro atoms. The summed E-state index contributed by atoms with van der Waals surface area (Å²) in [7, 11) is 0. The summed E-state index contributed by atoms with van der Waals surface area (Å²) in [5.74, 6) is 0.698. The molecule has 0 saturated heterocycles. The fourth-order valence-corrected chi connectivity index (χ4v) is 2.36. The van der Waals surface area contributed by atoms with Gasteiger partial charge in [0.25, 0.3) is 5.91 Å². The second kappa shape index (κ2) is 5.63. The summed E-state index contributed by atoms with van der Waals surface area (Å²) >= 11 is 0. The molecule has 2 aromatic rings. The van der Waals surface area contributed by atoms with E-state index in [9.17, 15) is 4.79 Å². The molecule has 1 unspecified atom stereocenters. The lowest BCUT2D eigenvalue weighted by Crippen LogP contribution is -2.28. The topological polar surface area (TPSA) is 94.5 Å². The van der Waals surface area contributed by atoms with E-state index >= 15 is 0 Å². The van der Waals surface area contributed by atoms with Crippen molar-refractivity contribution in [1.29, 1.82) is 0 Å². The summed E-state index contributed by atoms with van der Waals surface area (Å²) in [4.78, 5) is 17.4. The van der Waals surface area contributed by atoms with Gasteiger partial charge in [-0.25, -0.2) is 0 Å². The average Bonchev–Trinajstić information content (AvgIpc) is 3.19. The summed E-state index contributed by atoms with van der Waals surface area (Å²) in [6.45, 7) is 6.53. The fourth-order valence-electron chi connectivity index (χ4n) is 2.36. The van der Waals surface area contributed by atoms with E-state index in [4.69, 9.17) is 9.36 Å². The maximum atomic E-state index is 12.1. The van der Waals surface area contributed by atoms with Crippen LogP contribution in [0.15, 0.2) is 21.9 Å². The van der Waals surface area contributed by atoms with Crippen molar-refractivity contribution in [2.45, 2.75) is 39.8 Å². The Morgan fingerprint density at radius 3 is 2.95 bits per heavy atom. The van der Waals surface area contributed by atoms with E-state index in [0.717, 1.165) is 23.5 Å². The summed E-state index contributed by atoms with van der Waals surface area (Å²) in [6.07, 6.45) is 1.48. The first kappa shape index (κ1) is 14.3. The van der Waals surface area contributed by atoms with Gasteiger partial charge in [-0.1, -0.05) is 10.3 Å². The molecule has 0 aromatic carbocycles. The van der Waals surface area contributed by atoms with Gasteiger partial charge in [0.1, 0.15) is 5.76 Å². The smallest absolute Gasteiger partial charge is 0.269 e. The number of rotatable bonds is 4. The Morgan fingerprint density at radius 2 is 2.32 bits per heavy atom. The molecule has 0 aliphatic carbocycles. The number of nitrogens with one attached hydrogen (secondary N) is 1. The number of aromatic nitrogens is 3. The molecule has 0 radical (unpaired) electrons. The minimum atomic E-state index is -0.670. The highest BCUT2D eigenvalue weighted by molar-refractivity contribution is 6.06. The van der Waals surface area contributed by atoms with Gasteiger partial charge in [0.05, 0.1) is 11.9 Å². The zero-order valence-electron chi connectivity index (χ0n) is 12.7. The number of oxime groups is 1. The molecule has 8 heteroatoms. The lowest BCUT2D eigenvalue weighted by atomic mass is 10.1. The molecule has 22 heavy (non-hydrogen) atoms. The normalized spacial score (nSPS) is 17.2. The van der Waals surface area contributed by atoms with Gasteiger partial charge in [-0.3, -0.25) is 9.48 Å². The van der Waals surface area contributed by atoms with Crippen LogP contribution in [0.5, 0.6) is 0 Å². The second-order valence-corrected chi connectivity index (χ2v) is 5.11. The van der Waals surface area contributed by atoms with Gasteiger partial charge < -0.3 is 14.7 Å². The Hall–Kier alpha value is -2.64. The average molecular weight is 303 g/mol. The molecular weight excluding hydrogens is 286 g/mol. The summed E-state index contributed by atoms with van der Waals surface area (Å²) in [5.41, 5.74) is 2.65. The quantitative estimate of drug-likeness (QED) is 0.926. The molecule has 1 aliphatic heterocycles. The number of amides is 1. The minimum absolute atomic E-state index is 0.299. The standard InChI is InChI=1S/C14H17N5O3/c1-4-19-9(3)10(7-15-19)11-6-12(22-17-11)14(20)16-13-5-8(2)21-18-13/h5,7,12H,4,6H2,1-3H3,(H,16,18,20). The molecule has 1 N–H and O–H groups in total. The van der Waals surface area contributed by atoms with E-state index in [2.05, 4.69) is 20.7 Å². The summed E-state index contributed by atoms with van der Waals surface area (Å²) < 4.78 is 6.78. The Balaban J connectivity index is 1.66. The van der Waals surface area contributed by atoms with E-state index in [1.807, 2.05) is 18.5 Å². The molecule has 0 bridgehead atoms. The van der Waals surface area contributed by atoms with Crippen LogP contribution in [0.1, 0.15) is 30.4 Å². The third-order valence-corrected chi connectivity index (χ3v) is 3.55. The largest absolute Gasteiger partial charge is 0.382 e. The van der Waals surface area contributed by atoms with E-state index in [-0.39, 0.29) is 5.91 Å². The maximum Gasteiger partial charge on any atom is 0.269 e. The van der Waals surface area contributed by atoms with Gasteiger partial charge in [-0.15, -0.1) is 0 Å². The third kappa shape index (κ3) is 2.59. The van der Waals surface area contributed by atoms with Crippen LogP contribution in [0.4, 0.5) is 5.82 Å². The zero-order chi connectivity index (χ0) is 15.7. The van der Waals surface area contributed by atoms with Crippen LogP contribution < -0.4 is 5.32 Å². The van der Waals surface area contributed by atoms with Gasteiger partial charge >= 0.3 is 0 Å². The van der Waals surface area contributed by atoms with Crippen molar-refractivity contribution < 1.29 is 14.2 Å². The molecule has 1 amide bonds. The van der Waals surface area contributed by atoms with Crippen molar-refractivity contribution in [1.82, 2.24) is 14.9 Å². The van der Waals surface area contributed by atoms with Crippen LogP contribution >= 0.6 is 0 Å². The number of hydrogen-bond donors (Lipinski definition) is 1. The molecular formula is C14H17N5O3. The van der Waals surface area contributed by atoms with Crippen molar-refractivity contribution in [3.63, 3.8) is 0 Å². The van der Waals surface area contributed by atoms with Crippen LogP contribution in [0, 0.1) is 13.8 Å². The fraction of sp³-hybridized carbons (Fsp3) is 0.429. The van der Waals surface area contributed by atoms with Crippen LogP contribution in [0.2, 0.25) is 0 Å². The number of carbonyl (C=O) groups is 1. The molecule has 116 valence electrons. The first-order valence-electron chi connectivity index (χ1n) is 7.08. The number of nitrogens with zero attached hydrogens (tertiary/aromatic N) is 4. The van der Waals surface area contributed by atoms with Gasteiger partial charge in [0, 0.05) is 30.3 Å². The monoisotopic (exact) mass is 303 g/mol. The van der Waals surface area contributed by atoms with E-state index in [0.29, 0.717) is 18.0 Å². The molecule has 0 saturated carbocycles. The third-order valence-electron chi connectivity index (χ3n) is 3.55. The predicted molar refractivity (Wildman–Crippen MR) is 78.5 cm³/mol. The molecule has 3 heterocycles. The lowest BCUT2D eigenvalue weighted by Gasteiger charge is -2.06. The lowest BCUT2D eigenvalue weighted by molar-refractivity contribution is -0.125. The van der Waals surface area contributed by atoms with Crippen molar-refractivity contribution in [3.8, 4) is 0 Å². The van der Waals surface area contributed by atoms with Gasteiger partial charge in [-0.05, 0) is 20.8 Å². The second-order valence-electron chi connectivity index (χ2n) is 5.11. The van der Waals surface area contributed by atoms with Crippen molar-refractivity contribution >= 4 is 17.4 Å². The Bertz CT molecular complexity index is 731. The number of aryl methyl sites for hydroxylation is 2. The highest BCUT2D eigenvalue weighted by atomic mass is 16.6. The molecule has 3 rings (SSSR count). The van der Waals surface area contributed by atoms with Crippen LogP contribution in [-0.2, 0) is 16.2 Å². The van der Waals surface area contributed by atoms with Crippen LogP contribution in [0.3, 0.4) is 0 Å². The maximum absolute atomic E-state index is 12.1. The first-order chi connectivity index (χ1) is 10.6. The summed E-state index contributed by atoms with van der Waals surface area (Å²) in [5, 5.41) is 14.7. The summed E-state index contributed by atoms with van der Waals surface area (Å²) in [6, 6.07) is 1.64. The van der Waals surface area contributed by atoms with Crippen molar-refractivity contribution in [2.24, 2.45) is 5.16 Å². The van der Waals surface area contributed by atoms with E-state index in [1.165, 1.54) is 0 Å². The zero-order valence-corrected chi connectivity index (χ0v) is 12.7. The van der Waals surface area contributed by atoms with Crippen LogP contribution in [0.25, 0.3) is 0 Å². The highest BCUT2D eigenvalue weighted by Crippen LogP contribution is 2.20. The van der Waals surface area contributed by atoms with E-state index in [1.54, 1.807) is 19.2 Å². The SMILES string of the molecule is CCn1ncc(C2=NOC(C(=O)Nc3cc(C)on3)C2)c1C. The van der Waals surface area contributed by atoms with Crippen molar-refractivity contribution in [3.05, 3.63) is 29.3 Å². The molecule has 1 atom stereocenters. The van der Waals surface area contributed by atoms with Gasteiger partial charge in [-0.2, -0.15) is 5.10 Å².